The van der Waals surface area contributed by atoms with Crippen molar-refractivity contribution in [3.8, 4) is 5.75 Å². The second-order valence-electron chi connectivity index (χ2n) is 8.90. The van der Waals surface area contributed by atoms with Crippen LogP contribution >= 0.6 is 11.6 Å². The van der Waals surface area contributed by atoms with E-state index in [1.165, 1.54) is 13.1 Å². The lowest BCUT2D eigenvalue weighted by Gasteiger charge is -2.32. The predicted molar refractivity (Wildman–Crippen MR) is 109 cm³/mol. The molecule has 2 aromatic rings. The third-order valence-corrected chi connectivity index (χ3v) is 7.05. The van der Waals surface area contributed by atoms with E-state index in [9.17, 15) is 18.0 Å². The molecule has 1 atom stereocenters. The second kappa shape index (κ2) is 7.91. The monoisotopic (exact) mass is 469 g/mol. The third-order valence-electron chi connectivity index (χ3n) is 6.71. The zero-order valence-corrected chi connectivity index (χ0v) is 18.3. The number of hydrogen-bond donors (Lipinski definition) is 1. The van der Waals surface area contributed by atoms with E-state index in [0.717, 1.165) is 23.1 Å². The summed E-state index contributed by atoms with van der Waals surface area (Å²) in [4.78, 5) is 14.3. The van der Waals surface area contributed by atoms with Crippen molar-refractivity contribution in [2.24, 2.45) is 12.5 Å². The molecule has 172 valence electrons. The highest BCUT2D eigenvalue weighted by atomic mass is 35.5. The number of nitrogens with one attached hydrogen (secondary N) is 1. The Labute approximate surface area is 187 Å². The van der Waals surface area contributed by atoms with Crippen LogP contribution in [0.3, 0.4) is 0 Å². The summed E-state index contributed by atoms with van der Waals surface area (Å²) in [7, 11) is 1.36. The van der Waals surface area contributed by atoms with Crippen molar-refractivity contribution < 1.29 is 22.7 Å². The normalized spacial score (nSPS) is 21.5. The maximum absolute atomic E-state index is 15.0. The number of halogens is 4. The van der Waals surface area contributed by atoms with Crippen LogP contribution in [0.1, 0.15) is 54.2 Å². The van der Waals surface area contributed by atoms with E-state index in [-0.39, 0.29) is 46.1 Å². The fourth-order valence-electron chi connectivity index (χ4n) is 4.85. The number of alkyl halides is 2. The summed E-state index contributed by atoms with van der Waals surface area (Å²) in [5, 5.41) is 11.0. The zero-order chi connectivity index (χ0) is 22.6. The molecule has 1 aromatic carbocycles. The summed E-state index contributed by atoms with van der Waals surface area (Å²) >= 11 is 6.34. The molecule has 5 rings (SSSR count). The smallest absolute Gasteiger partial charge is 0.282 e. The van der Waals surface area contributed by atoms with Gasteiger partial charge in [-0.1, -0.05) is 16.8 Å². The molecule has 1 N–H and O–H groups in total. The molecular formula is C21H23ClF3N5O2. The summed E-state index contributed by atoms with van der Waals surface area (Å²) in [5.74, 6) is -0.640. The van der Waals surface area contributed by atoms with Gasteiger partial charge in [-0.3, -0.25) is 4.79 Å². The van der Waals surface area contributed by atoms with Crippen molar-refractivity contribution in [2.45, 2.75) is 44.8 Å². The molecule has 1 saturated heterocycles. The van der Waals surface area contributed by atoms with Gasteiger partial charge in [-0.25, -0.2) is 17.9 Å². The summed E-state index contributed by atoms with van der Waals surface area (Å²) in [5.41, 5.74) is 0.961. The van der Waals surface area contributed by atoms with E-state index in [4.69, 9.17) is 16.3 Å². The van der Waals surface area contributed by atoms with Gasteiger partial charge in [-0.2, -0.15) is 0 Å². The maximum atomic E-state index is 15.0. The van der Waals surface area contributed by atoms with Gasteiger partial charge in [0.1, 0.15) is 18.0 Å². The number of ether oxygens (including phenoxy) is 1. The number of fused-ring (bicyclic) bond motifs is 1. The fraction of sp³-hybridized carbons (Fsp3) is 0.571. The summed E-state index contributed by atoms with van der Waals surface area (Å²) in [6, 6.07) is 0.805. The number of aryl methyl sites for hydroxylation is 1. The molecular weight excluding hydrogens is 447 g/mol. The molecule has 1 spiro atoms. The molecule has 2 fully saturated rings. The van der Waals surface area contributed by atoms with Gasteiger partial charge in [0.05, 0.1) is 6.04 Å². The highest BCUT2D eigenvalue weighted by molar-refractivity contribution is 6.31. The summed E-state index contributed by atoms with van der Waals surface area (Å²) < 4.78 is 48.4. The van der Waals surface area contributed by atoms with Gasteiger partial charge in [0.2, 0.25) is 5.91 Å². The Balaban J connectivity index is 1.44. The lowest BCUT2D eigenvalue weighted by atomic mass is 9.92. The lowest BCUT2D eigenvalue weighted by molar-refractivity contribution is -0.128. The Morgan fingerprint density at radius 1 is 1.41 bits per heavy atom. The Kier molecular flexibility index (Phi) is 5.32. The average molecular weight is 470 g/mol. The summed E-state index contributed by atoms with van der Waals surface area (Å²) in [6.45, 7) is 1.33. The lowest BCUT2D eigenvalue weighted by Crippen LogP contribution is -2.40. The molecule has 2 aliphatic heterocycles. The first-order valence-corrected chi connectivity index (χ1v) is 11.0. The van der Waals surface area contributed by atoms with E-state index < -0.39 is 12.2 Å². The molecule has 1 amide bonds. The first-order valence-electron chi connectivity index (χ1n) is 10.6. The number of nitrogens with zero attached hydrogens (tertiary/aromatic N) is 4. The number of hydrogen-bond acceptors (Lipinski definition) is 5. The van der Waals surface area contributed by atoms with E-state index in [1.807, 2.05) is 4.90 Å². The molecule has 1 aliphatic carbocycles. The number of benzene rings is 1. The average Bonchev–Trinajstić information content (AvgIpc) is 3.26. The Hall–Kier alpha value is -2.33. The van der Waals surface area contributed by atoms with Crippen LogP contribution in [0.2, 0.25) is 5.02 Å². The highest BCUT2D eigenvalue weighted by Crippen LogP contribution is 2.53. The minimum Gasteiger partial charge on any atom is -0.484 e. The van der Waals surface area contributed by atoms with Crippen LogP contribution < -0.4 is 10.1 Å². The van der Waals surface area contributed by atoms with Gasteiger partial charge >= 0.3 is 0 Å². The van der Waals surface area contributed by atoms with Gasteiger partial charge in [-0.15, -0.1) is 5.10 Å². The molecule has 11 heteroatoms. The van der Waals surface area contributed by atoms with E-state index in [0.29, 0.717) is 38.0 Å². The molecule has 1 unspecified atom stereocenters. The van der Waals surface area contributed by atoms with Gasteiger partial charge in [0.25, 0.3) is 6.43 Å². The van der Waals surface area contributed by atoms with Crippen LogP contribution in [-0.4, -0.2) is 45.4 Å². The van der Waals surface area contributed by atoms with Gasteiger partial charge < -0.3 is 15.0 Å². The SMILES string of the molecule is Cn1nnc(COc2c(F)cc(Cl)c3c2C(CN2CC4(CC4)CC2=O)NCC3)c1C(F)F. The topological polar surface area (TPSA) is 72.3 Å². The predicted octanol–water partition coefficient (Wildman–Crippen LogP) is 3.32. The highest BCUT2D eigenvalue weighted by Gasteiger charge is 2.52. The first kappa shape index (κ1) is 21.5. The van der Waals surface area contributed by atoms with Crippen molar-refractivity contribution in [1.29, 1.82) is 0 Å². The van der Waals surface area contributed by atoms with Gasteiger partial charge in [0.15, 0.2) is 11.6 Å². The minimum absolute atomic E-state index is 0.0553. The zero-order valence-electron chi connectivity index (χ0n) is 17.5. The van der Waals surface area contributed by atoms with E-state index >= 15 is 0 Å². The van der Waals surface area contributed by atoms with E-state index in [2.05, 4.69) is 15.6 Å². The van der Waals surface area contributed by atoms with Crippen molar-refractivity contribution in [2.75, 3.05) is 19.6 Å². The Morgan fingerprint density at radius 2 is 2.19 bits per heavy atom. The van der Waals surface area contributed by atoms with E-state index in [1.54, 1.807) is 0 Å². The van der Waals surface area contributed by atoms with Crippen molar-refractivity contribution in [3.05, 3.63) is 39.4 Å². The fourth-order valence-corrected chi connectivity index (χ4v) is 5.15. The van der Waals surface area contributed by atoms with Crippen LogP contribution in [0.5, 0.6) is 5.75 Å². The number of likely N-dealkylation sites (tertiary alicyclic amines) is 1. The molecule has 3 aliphatic rings. The second-order valence-corrected chi connectivity index (χ2v) is 9.31. The third kappa shape index (κ3) is 3.73. The molecule has 0 radical (unpaired) electrons. The van der Waals surface area contributed by atoms with Crippen LogP contribution in [0.15, 0.2) is 6.07 Å². The molecule has 7 nitrogen and oxygen atoms in total. The first-order chi connectivity index (χ1) is 15.3. The van der Waals surface area contributed by atoms with Crippen molar-refractivity contribution >= 4 is 17.5 Å². The van der Waals surface area contributed by atoms with Crippen LogP contribution in [0, 0.1) is 11.2 Å². The Bertz CT molecular complexity index is 1070. The van der Waals surface area contributed by atoms with Crippen LogP contribution in [0.4, 0.5) is 13.2 Å². The molecule has 0 bridgehead atoms. The number of carbonyl (C=O) groups is 1. The molecule has 1 saturated carbocycles. The van der Waals surface area contributed by atoms with Crippen molar-refractivity contribution in [3.63, 3.8) is 0 Å². The number of aromatic nitrogens is 3. The minimum atomic E-state index is -2.79. The maximum Gasteiger partial charge on any atom is 0.282 e. The number of carbonyl (C=O) groups excluding carboxylic acids is 1. The van der Waals surface area contributed by atoms with Crippen molar-refractivity contribution in [1.82, 2.24) is 25.2 Å². The summed E-state index contributed by atoms with van der Waals surface area (Å²) in [6.07, 6.45) is 0.449. The van der Waals surface area contributed by atoms with Gasteiger partial charge in [0, 0.05) is 37.1 Å². The standard InChI is InChI=1S/C21H23ClF3N5O2/c1-29-18(20(24)25)15(27-28-29)9-32-19-13(23)6-12(22)11-2-5-26-14(17(11)19)8-30-10-21(3-4-21)7-16(30)31/h6,14,20,26H,2-5,7-10H2,1H3. The molecule has 3 heterocycles. The molecule has 32 heavy (non-hydrogen) atoms. The number of amides is 1. The molecule has 1 aromatic heterocycles. The van der Waals surface area contributed by atoms with Gasteiger partial charge in [-0.05, 0) is 42.9 Å². The number of rotatable bonds is 6. The largest absolute Gasteiger partial charge is 0.484 e. The van der Waals surface area contributed by atoms with Crippen LogP contribution in [0.25, 0.3) is 0 Å². The Morgan fingerprint density at radius 3 is 2.88 bits per heavy atom. The quantitative estimate of drug-likeness (QED) is 0.702. The van der Waals surface area contributed by atoms with Crippen LogP contribution in [-0.2, 0) is 24.9 Å².